The van der Waals surface area contributed by atoms with Gasteiger partial charge in [-0.3, -0.25) is 9.48 Å². The summed E-state index contributed by atoms with van der Waals surface area (Å²) in [4.78, 5) is 12.3. The van der Waals surface area contributed by atoms with Gasteiger partial charge in [-0.05, 0) is 26.2 Å². The highest BCUT2D eigenvalue weighted by Crippen LogP contribution is 2.39. The lowest BCUT2D eigenvalue weighted by Gasteiger charge is -2.17. The standard InChI is InChI=1S/C13H17ClN2O2/c1-7-9(13(14)16(2)15-7)6-11(17)10-5-8-3-4-12(10)18-8/h8,10,12H,3-6H2,1-2H3. The van der Waals surface area contributed by atoms with Crippen molar-refractivity contribution in [3.05, 3.63) is 16.4 Å². The SMILES string of the molecule is Cc1nn(C)c(Cl)c1CC(=O)C1CC2CCC1O2. The van der Waals surface area contributed by atoms with Crippen LogP contribution in [-0.2, 0) is 23.0 Å². The molecule has 2 aliphatic rings. The molecule has 3 rings (SSSR count). The average molecular weight is 269 g/mol. The van der Waals surface area contributed by atoms with Gasteiger partial charge in [0, 0.05) is 24.9 Å². The highest BCUT2D eigenvalue weighted by Gasteiger charge is 2.44. The first kappa shape index (κ1) is 12.2. The molecule has 0 amide bonds. The van der Waals surface area contributed by atoms with E-state index in [1.54, 1.807) is 11.7 Å². The Labute approximate surface area is 111 Å². The lowest BCUT2D eigenvalue weighted by molar-refractivity contribution is -0.123. The number of ether oxygens (including phenoxy) is 1. The second kappa shape index (κ2) is 4.35. The molecule has 0 radical (unpaired) electrons. The Balaban J connectivity index is 1.75. The highest BCUT2D eigenvalue weighted by atomic mass is 35.5. The van der Waals surface area contributed by atoms with Gasteiger partial charge in [0.25, 0.3) is 0 Å². The van der Waals surface area contributed by atoms with E-state index in [0.29, 0.717) is 17.7 Å². The fourth-order valence-electron chi connectivity index (χ4n) is 3.16. The topological polar surface area (TPSA) is 44.1 Å². The van der Waals surface area contributed by atoms with Crippen LogP contribution in [0, 0.1) is 12.8 Å². The summed E-state index contributed by atoms with van der Waals surface area (Å²) in [5.41, 5.74) is 1.71. The molecule has 2 fully saturated rings. The van der Waals surface area contributed by atoms with E-state index in [1.165, 1.54) is 0 Å². The zero-order valence-corrected chi connectivity index (χ0v) is 11.4. The zero-order valence-electron chi connectivity index (χ0n) is 10.6. The van der Waals surface area contributed by atoms with Crippen molar-refractivity contribution in [3.8, 4) is 0 Å². The molecule has 0 N–H and O–H groups in total. The van der Waals surface area contributed by atoms with Gasteiger partial charge in [0.2, 0.25) is 0 Å². The molecule has 2 saturated heterocycles. The van der Waals surface area contributed by atoms with E-state index >= 15 is 0 Å². The van der Waals surface area contributed by atoms with E-state index in [0.717, 1.165) is 30.5 Å². The lowest BCUT2D eigenvalue weighted by Crippen LogP contribution is -2.26. The van der Waals surface area contributed by atoms with E-state index in [-0.39, 0.29) is 17.8 Å². The zero-order chi connectivity index (χ0) is 12.9. The molecule has 4 nitrogen and oxygen atoms in total. The monoisotopic (exact) mass is 268 g/mol. The van der Waals surface area contributed by atoms with Crippen molar-refractivity contribution >= 4 is 17.4 Å². The number of Topliss-reactive ketones (excluding diaryl/α,β-unsaturated/α-hetero) is 1. The minimum Gasteiger partial charge on any atom is -0.374 e. The van der Waals surface area contributed by atoms with E-state index in [2.05, 4.69) is 5.10 Å². The van der Waals surface area contributed by atoms with Gasteiger partial charge in [-0.2, -0.15) is 5.10 Å². The first-order valence-electron chi connectivity index (χ1n) is 6.42. The number of halogens is 1. The number of hydrogen-bond acceptors (Lipinski definition) is 3. The number of ketones is 1. The quantitative estimate of drug-likeness (QED) is 0.843. The summed E-state index contributed by atoms with van der Waals surface area (Å²) in [6.45, 7) is 1.89. The summed E-state index contributed by atoms with van der Waals surface area (Å²) >= 11 is 6.16. The summed E-state index contributed by atoms with van der Waals surface area (Å²) in [6.07, 6.45) is 3.88. The van der Waals surface area contributed by atoms with Crippen molar-refractivity contribution in [1.29, 1.82) is 0 Å². The first-order valence-corrected chi connectivity index (χ1v) is 6.80. The van der Waals surface area contributed by atoms with Crippen LogP contribution in [-0.4, -0.2) is 27.8 Å². The molecule has 0 aliphatic carbocycles. The molecule has 1 aromatic rings. The van der Waals surface area contributed by atoms with Gasteiger partial charge in [-0.15, -0.1) is 0 Å². The Morgan fingerprint density at radius 3 is 2.83 bits per heavy atom. The van der Waals surface area contributed by atoms with E-state index in [9.17, 15) is 4.79 Å². The molecular weight excluding hydrogens is 252 g/mol. The van der Waals surface area contributed by atoms with Crippen LogP contribution in [0.15, 0.2) is 0 Å². The summed E-state index contributed by atoms with van der Waals surface area (Å²) in [6, 6.07) is 0. The Morgan fingerprint density at radius 2 is 2.33 bits per heavy atom. The fourth-order valence-corrected chi connectivity index (χ4v) is 3.40. The number of nitrogens with zero attached hydrogens (tertiary/aromatic N) is 2. The van der Waals surface area contributed by atoms with Crippen LogP contribution in [0.5, 0.6) is 0 Å². The molecule has 18 heavy (non-hydrogen) atoms. The Kier molecular flexibility index (Phi) is 2.94. The van der Waals surface area contributed by atoms with Crippen molar-refractivity contribution in [1.82, 2.24) is 9.78 Å². The second-order valence-electron chi connectivity index (χ2n) is 5.34. The third-order valence-corrected chi connectivity index (χ3v) is 4.61. The molecule has 0 saturated carbocycles. The molecule has 1 aromatic heterocycles. The van der Waals surface area contributed by atoms with Crippen LogP contribution in [0.25, 0.3) is 0 Å². The molecule has 2 bridgehead atoms. The third-order valence-electron chi connectivity index (χ3n) is 4.14. The summed E-state index contributed by atoms with van der Waals surface area (Å²) < 4.78 is 7.36. The number of aryl methyl sites for hydroxylation is 2. The van der Waals surface area contributed by atoms with Crippen LogP contribution in [0.3, 0.4) is 0 Å². The predicted molar refractivity (Wildman–Crippen MR) is 67.7 cm³/mol. The number of hydrogen-bond donors (Lipinski definition) is 0. The van der Waals surface area contributed by atoms with Crippen LogP contribution >= 0.6 is 11.6 Å². The van der Waals surface area contributed by atoms with Crippen molar-refractivity contribution in [3.63, 3.8) is 0 Å². The summed E-state index contributed by atoms with van der Waals surface area (Å²) in [5.74, 6) is 0.319. The molecule has 2 aliphatic heterocycles. The van der Waals surface area contributed by atoms with Crippen molar-refractivity contribution in [2.24, 2.45) is 13.0 Å². The van der Waals surface area contributed by atoms with E-state index in [1.807, 2.05) is 6.92 Å². The summed E-state index contributed by atoms with van der Waals surface area (Å²) in [7, 11) is 1.80. The van der Waals surface area contributed by atoms with Crippen LogP contribution < -0.4 is 0 Å². The number of aromatic nitrogens is 2. The van der Waals surface area contributed by atoms with Gasteiger partial charge in [0.1, 0.15) is 10.9 Å². The predicted octanol–water partition coefficient (Wildman–Crippen LogP) is 2.06. The number of fused-ring (bicyclic) bond motifs is 2. The average Bonchev–Trinajstić information content (AvgIpc) is 3.00. The normalized spacial score (nSPS) is 30.1. The minimum atomic E-state index is 0.0689. The number of carbonyl (C=O) groups is 1. The van der Waals surface area contributed by atoms with Crippen LogP contribution in [0.1, 0.15) is 30.5 Å². The summed E-state index contributed by atoms with van der Waals surface area (Å²) in [5, 5.41) is 4.81. The molecule has 0 spiro atoms. The largest absolute Gasteiger partial charge is 0.374 e. The molecule has 5 heteroatoms. The fraction of sp³-hybridized carbons (Fsp3) is 0.692. The first-order chi connectivity index (χ1) is 8.56. The van der Waals surface area contributed by atoms with Crippen LogP contribution in [0.4, 0.5) is 0 Å². The molecule has 3 atom stereocenters. The molecule has 3 heterocycles. The highest BCUT2D eigenvalue weighted by molar-refractivity contribution is 6.30. The molecule has 0 aromatic carbocycles. The minimum absolute atomic E-state index is 0.0689. The smallest absolute Gasteiger partial charge is 0.143 e. The van der Waals surface area contributed by atoms with Gasteiger partial charge in [0.15, 0.2) is 0 Å². The maximum atomic E-state index is 12.3. The Bertz CT molecular complexity index is 497. The number of rotatable bonds is 3. The van der Waals surface area contributed by atoms with Crippen molar-refractivity contribution in [2.75, 3.05) is 0 Å². The maximum absolute atomic E-state index is 12.3. The van der Waals surface area contributed by atoms with E-state index in [4.69, 9.17) is 16.3 Å². The molecule has 3 unspecified atom stereocenters. The van der Waals surface area contributed by atoms with Crippen molar-refractivity contribution < 1.29 is 9.53 Å². The van der Waals surface area contributed by atoms with Gasteiger partial charge >= 0.3 is 0 Å². The van der Waals surface area contributed by atoms with Crippen molar-refractivity contribution in [2.45, 2.75) is 44.8 Å². The van der Waals surface area contributed by atoms with Gasteiger partial charge in [0.05, 0.1) is 17.9 Å². The number of carbonyl (C=O) groups excluding carboxylic acids is 1. The Hall–Kier alpha value is -0.870. The lowest BCUT2D eigenvalue weighted by atomic mass is 9.84. The molecule has 98 valence electrons. The molecular formula is C13H17ClN2O2. The van der Waals surface area contributed by atoms with Gasteiger partial charge in [-0.25, -0.2) is 0 Å². The third kappa shape index (κ3) is 1.88. The maximum Gasteiger partial charge on any atom is 0.143 e. The Morgan fingerprint density at radius 1 is 1.56 bits per heavy atom. The van der Waals surface area contributed by atoms with Crippen LogP contribution in [0.2, 0.25) is 5.15 Å². The second-order valence-corrected chi connectivity index (χ2v) is 5.70. The van der Waals surface area contributed by atoms with E-state index < -0.39 is 0 Å². The van der Waals surface area contributed by atoms with Gasteiger partial charge < -0.3 is 4.74 Å². The van der Waals surface area contributed by atoms with Gasteiger partial charge in [-0.1, -0.05) is 11.6 Å².